The van der Waals surface area contributed by atoms with Crippen molar-refractivity contribution in [2.75, 3.05) is 13.7 Å². The zero-order chi connectivity index (χ0) is 30.2. The molecule has 0 bridgehead atoms. The molecule has 1 N–H and O–H groups in total. The molecule has 1 aromatic heterocycles. The molecule has 220 valence electrons. The number of halogens is 6. The van der Waals surface area contributed by atoms with Crippen molar-refractivity contribution in [2.45, 2.75) is 70.9 Å². The van der Waals surface area contributed by atoms with Crippen LogP contribution < -0.4 is 5.32 Å². The minimum Gasteiger partial charge on any atom is -0.464 e. The molecule has 0 aliphatic carbocycles. The Hall–Kier alpha value is -3.78. The number of nitrogens with one attached hydrogen (secondary N) is 1. The molecule has 2 amide bonds. The predicted molar refractivity (Wildman–Crippen MR) is 126 cm³/mol. The topological polar surface area (TPSA) is 103 Å². The number of esters is 1. The van der Waals surface area contributed by atoms with E-state index in [-0.39, 0.29) is 24.3 Å². The van der Waals surface area contributed by atoms with E-state index < -0.39 is 83.6 Å². The summed E-state index contributed by atoms with van der Waals surface area (Å²) in [5.74, 6) is -7.01. The van der Waals surface area contributed by atoms with Crippen LogP contribution in [0.5, 0.6) is 0 Å². The van der Waals surface area contributed by atoms with Crippen LogP contribution in [-0.2, 0) is 33.4 Å². The molecule has 15 heteroatoms. The highest BCUT2D eigenvalue weighted by Gasteiger charge is 2.44. The number of alkyl halides is 3. The minimum atomic E-state index is -4.89. The third-order valence-corrected chi connectivity index (χ3v) is 6.08. The smallest absolute Gasteiger partial charge is 0.449 e. The Labute approximate surface area is 225 Å². The van der Waals surface area contributed by atoms with Gasteiger partial charge in [0.15, 0.2) is 17.3 Å². The molecule has 40 heavy (non-hydrogen) atoms. The molecular formula is C25H28F6N4O5. The number of nitrogens with zero attached hydrogens (tertiary/aromatic N) is 3. The number of hydrogen-bond donors (Lipinski definition) is 1. The first-order chi connectivity index (χ1) is 18.4. The lowest BCUT2D eigenvalue weighted by atomic mass is 10.0. The van der Waals surface area contributed by atoms with Crippen molar-refractivity contribution >= 4 is 18.0 Å². The monoisotopic (exact) mass is 578 g/mol. The van der Waals surface area contributed by atoms with E-state index in [0.717, 1.165) is 11.7 Å². The lowest BCUT2D eigenvalue weighted by molar-refractivity contribution is -0.148. The van der Waals surface area contributed by atoms with Gasteiger partial charge in [-0.15, -0.1) is 0 Å². The molecule has 0 saturated carbocycles. The lowest BCUT2D eigenvalue weighted by Crippen LogP contribution is -2.47. The van der Waals surface area contributed by atoms with E-state index in [1.807, 2.05) is 0 Å². The van der Waals surface area contributed by atoms with Crippen molar-refractivity contribution in [1.82, 2.24) is 19.8 Å². The Morgan fingerprint density at radius 2 is 1.70 bits per heavy atom. The zero-order valence-electron chi connectivity index (χ0n) is 22.3. The van der Waals surface area contributed by atoms with E-state index >= 15 is 0 Å². The van der Waals surface area contributed by atoms with E-state index in [2.05, 4.69) is 15.0 Å². The minimum absolute atomic E-state index is 0.193. The van der Waals surface area contributed by atoms with Crippen LogP contribution in [0, 0.1) is 17.5 Å². The first-order valence-electron chi connectivity index (χ1n) is 12.1. The molecule has 1 aliphatic rings. The molecule has 2 atom stereocenters. The van der Waals surface area contributed by atoms with E-state index in [1.165, 1.54) is 11.8 Å². The Morgan fingerprint density at radius 3 is 2.27 bits per heavy atom. The van der Waals surface area contributed by atoms with Gasteiger partial charge in [0.1, 0.15) is 11.4 Å². The van der Waals surface area contributed by atoms with Crippen LogP contribution in [0.25, 0.3) is 0 Å². The van der Waals surface area contributed by atoms with Crippen LogP contribution in [-0.4, -0.2) is 57.7 Å². The van der Waals surface area contributed by atoms with Gasteiger partial charge < -0.3 is 24.3 Å². The van der Waals surface area contributed by atoms with E-state index in [0.29, 0.717) is 12.1 Å². The summed E-state index contributed by atoms with van der Waals surface area (Å²) in [7, 11) is 0.974. The number of carbonyl (C=O) groups excluding carboxylic acids is 3. The molecule has 0 radical (unpaired) electrons. The highest BCUT2D eigenvalue weighted by atomic mass is 19.4. The van der Waals surface area contributed by atoms with Gasteiger partial charge in [0.2, 0.25) is 11.7 Å². The van der Waals surface area contributed by atoms with E-state index in [4.69, 9.17) is 4.74 Å². The summed E-state index contributed by atoms with van der Waals surface area (Å²) in [6.45, 7) is 5.55. The molecule has 3 rings (SSSR count). The Balaban J connectivity index is 1.91. The van der Waals surface area contributed by atoms with Crippen LogP contribution in [0.3, 0.4) is 0 Å². The number of rotatable bonds is 6. The van der Waals surface area contributed by atoms with Crippen molar-refractivity contribution in [3.8, 4) is 0 Å². The number of methoxy groups -OCH3 is 1. The van der Waals surface area contributed by atoms with Crippen molar-refractivity contribution < 1.29 is 50.2 Å². The van der Waals surface area contributed by atoms with Crippen LogP contribution in [0.1, 0.15) is 67.7 Å². The molecule has 0 spiro atoms. The van der Waals surface area contributed by atoms with Gasteiger partial charge in [-0.25, -0.2) is 27.7 Å². The van der Waals surface area contributed by atoms with Crippen LogP contribution in [0.2, 0.25) is 0 Å². The number of alkyl carbamates (subject to hydrolysis) is 1. The molecular weight excluding hydrogens is 550 g/mol. The fraction of sp³-hybridized carbons (Fsp3) is 0.520. The first kappa shape index (κ1) is 30.8. The fourth-order valence-electron chi connectivity index (χ4n) is 4.43. The number of aromatic nitrogens is 2. The molecule has 1 aromatic carbocycles. The van der Waals surface area contributed by atoms with Gasteiger partial charge in [-0.1, -0.05) is 0 Å². The maximum atomic E-state index is 14.4. The molecule has 9 nitrogen and oxygen atoms in total. The van der Waals surface area contributed by atoms with Crippen molar-refractivity contribution in [1.29, 1.82) is 0 Å². The second-order valence-corrected chi connectivity index (χ2v) is 10.2. The van der Waals surface area contributed by atoms with Crippen LogP contribution in [0.4, 0.5) is 31.1 Å². The number of fused-ring (bicyclic) bond motifs is 1. The predicted octanol–water partition coefficient (Wildman–Crippen LogP) is 4.54. The molecule has 0 fully saturated rings. The largest absolute Gasteiger partial charge is 0.464 e. The van der Waals surface area contributed by atoms with Gasteiger partial charge >= 0.3 is 18.2 Å². The average Bonchev–Trinajstić information content (AvgIpc) is 3.22. The Morgan fingerprint density at radius 1 is 1.07 bits per heavy atom. The SMILES string of the molecule is COC(=O)c1nc(C(F)(F)F)n2c1C(C)N(C(=O)CC(Cc1cc(F)c(F)cc1F)NC(=O)OC(C)(C)C)CC2. The summed E-state index contributed by atoms with van der Waals surface area (Å²) < 4.78 is 93.0. The second kappa shape index (κ2) is 11.4. The summed E-state index contributed by atoms with van der Waals surface area (Å²) in [4.78, 5) is 42.7. The molecule has 2 aromatic rings. The number of amides is 2. The van der Waals surface area contributed by atoms with E-state index in [1.54, 1.807) is 20.8 Å². The maximum Gasteiger partial charge on any atom is 0.449 e. The van der Waals surface area contributed by atoms with Crippen molar-refractivity contribution in [2.24, 2.45) is 0 Å². The molecule has 0 saturated heterocycles. The third kappa shape index (κ3) is 6.86. The van der Waals surface area contributed by atoms with Gasteiger partial charge in [0, 0.05) is 31.6 Å². The Kier molecular flexibility index (Phi) is 8.74. The normalized spacial score (nSPS) is 16.3. The van der Waals surface area contributed by atoms with Crippen molar-refractivity contribution in [3.05, 3.63) is 52.4 Å². The first-order valence-corrected chi connectivity index (χ1v) is 12.1. The van der Waals surface area contributed by atoms with Crippen LogP contribution >= 0.6 is 0 Å². The summed E-state index contributed by atoms with van der Waals surface area (Å²) >= 11 is 0. The molecule has 2 heterocycles. The molecule has 2 unspecified atom stereocenters. The van der Waals surface area contributed by atoms with E-state index in [9.17, 15) is 40.7 Å². The van der Waals surface area contributed by atoms with Gasteiger partial charge in [0.05, 0.1) is 18.8 Å². The van der Waals surface area contributed by atoms with Gasteiger partial charge in [-0.3, -0.25) is 4.79 Å². The summed E-state index contributed by atoms with van der Waals surface area (Å²) in [5, 5.41) is 2.42. The van der Waals surface area contributed by atoms with Crippen molar-refractivity contribution in [3.63, 3.8) is 0 Å². The number of ether oxygens (including phenoxy) is 2. The highest BCUT2D eigenvalue weighted by Crippen LogP contribution is 2.37. The number of hydrogen-bond acceptors (Lipinski definition) is 6. The quantitative estimate of drug-likeness (QED) is 0.307. The lowest BCUT2D eigenvalue weighted by Gasteiger charge is -2.36. The van der Waals surface area contributed by atoms with Gasteiger partial charge in [-0.05, 0) is 45.7 Å². The molecule has 1 aliphatic heterocycles. The second-order valence-electron chi connectivity index (χ2n) is 10.2. The van der Waals surface area contributed by atoms with Gasteiger partial charge in [0.25, 0.3) is 0 Å². The van der Waals surface area contributed by atoms with Gasteiger partial charge in [-0.2, -0.15) is 13.2 Å². The highest BCUT2D eigenvalue weighted by molar-refractivity contribution is 5.89. The fourth-order valence-corrected chi connectivity index (χ4v) is 4.43. The standard InChI is InChI=1S/C25H28F6N4O5/c1-12-20-19(21(37)39-5)33-22(25(29,30)31)35(20)7-6-34(12)18(36)10-14(32-23(38)40-24(2,3)4)8-13-9-16(27)17(28)11-15(13)26/h9,11-12,14H,6-8,10H2,1-5H3,(H,32,38). The Bertz CT molecular complexity index is 1300. The average molecular weight is 579 g/mol. The zero-order valence-corrected chi connectivity index (χ0v) is 22.3. The summed E-state index contributed by atoms with van der Waals surface area (Å²) in [6, 6.07) is -1.34. The number of benzene rings is 1. The van der Waals surface area contributed by atoms with Crippen LogP contribution in [0.15, 0.2) is 12.1 Å². The third-order valence-electron chi connectivity index (χ3n) is 6.08. The summed E-state index contributed by atoms with van der Waals surface area (Å²) in [6.07, 6.45) is -6.82. The summed E-state index contributed by atoms with van der Waals surface area (Å²) in [5.41, 5.74) is -2.07. The number of imidazole rings is 1. The maximum absolute atomic E-state index is 14.4. The number of carbonyl (C=O) groups is 3.